The molecule has 3 aromatic rings. The van der Waals surface area contributed by atoms with Crippen molar-refractivity contribution < 1.29 is 31.1 Å². The minimum Gasteiger partial charge on any atom is -0.480 e. The first-order chi connectivity index (χ1) is 18.3. The van der Waals surface area contributed by atoms with Crippen molar-refractivity contribution in [1.82, 2.24) is 0 Å². The highest BCUT2D eigenvalue weighted by atomic mass is 79.9. The zero-order chi connectivity index (χ0) is 28.5. The summed E-state index contributed by atoms with van der Waals surface area (Å²) in [5.41, 5.74) is 3.98. The molecule has 0 spiro atoms. The van der Waals surface area contributed by atoms with E-state index in [0.717, 1.165) is 54.4 Å². The molecule has 0 saturated heterocycles. The lowest BCUT2D eigenvalue weighted by atomic mass is 10.1. The Hall–Kier alpha value is -2.57. The summed E-state index contributed by atoms with van der Waals surface area (Å²) in [7, 11) is -3.68. The topological polar surface area (TPSA) is 75.7 Å². The molecule has 0 aromatic heterocycles. The van der Waals surface area contributed by atoms with E-state index in [2.05, 4.69) is 55.4 Å². The van der Waals surface area contributed by atoms with Crippen LogP contribution in [0.1, 0.15) is 28.4 Å². The van der Waals surface area contributed by atoms with Crippen LogP contribution in [-0.4, -0.2) is 46.0 Å². The molecule has 3 aromatic carbocycles. The van der Waals surface area contributed by atoms with Crippen LogP contribution in [0.2, 0.25) is 0 Å². The van der Waals surface area contributed by atoms with Gasteiger partial charge in [0.25, 0.3) is 5.91 Å². The Kier molecular flexibility index (Phi) is 8.67. The van der Waals surface area contributed by atoms with E-state index in [1.54, 1.807) is 12.1 Å². The Labute approximate surface area is 241 Å². The van der Waals surface area contributed by atoms with Crippen molar-refractivity contribution in [3.63, 3.8) is 0 Å². The van der Waals surface area contributed by atoms with Crippen molar-refractivity contribution in [3.05, 3.63) is 80.2 Å². The summed E-state index contributed by atoms with van der Waals surface area (Å²) in [5, 5.41) is 3.31. The minimum atomic E-state index is -4.64. The van der Waals surface area contributed by atoms with Gasteiger partial charge in [-0.25, -0.2) is 8.42 Å². The number of fused-ring (bicyclic) bond motifs is 2. The van der Waals surface area contributed by atoms with Gasteiger partial charge in [-0.3, -0.25) is 4.79 Å². The molecular weight excluding hydrogens is 665 g/mol. The predicted molar refractivity (Wildman–Crippen MR) is 152 cm³/mol. The van der Waals surface area contributed by atoms with E-state index in [-0.39, 0.29) is 16.2 Å². The molecule has 2 heterocycles. The summed E-state index contributed by atoms with van der Waals surface area (Å²) in [6, 6.07) is 14.8. The average molecular weight is 690 g/mol. The van der Waals surface area contributed by atoms with E-state index in [0.29, 0.717) is 18.7 Å². The SMILES string of the molecule is Brc1cccc2c1CCN2.C[C@H](Oc1ccc(S(C)(=O)=O)cc1C(=O)N1CCc2c(Br)cccc21)C(F)(F)F. The van der Waals surface area contributed by atoms with Crippen molar-refractivity contribution in [2.45, 2.75) is 36.9 Å². The second-order valence-corrected chi connectivity index (χ2v) is 12.8. The number of hydrogen-bond acceptors (Lipinski definition) is 5. The molecule has 6 nitrogen and oxygen atoms in total. The Bertz CT molecular complexity index is 1510. The van der Waals surface area contributed by atoms with Crippen LogP contribution in [0.5, 0.6) is 5.75 Å². The Morgan fingerprint density at radius 2 is 1.69 bits per heavy atom. The average Bonchev–Trinajstić information content (AvgIpc) is 3.52. The summed E-state index contributed by atoms with van der Waals surface area (Å²) >= 11 is 6.93. The Balaban J connectivity index is 0.000000292. The van der Waals surface area contributed by atoms with Crippen LogP contribution in [0.3, 0.4) is 0 Å². The Morgan fingerprint density at radius 3 is 2.33 bits per heavy atom. The summed E-state index contributed by atoms with van der Waals surface area (Å²) in [6.07, 6.45) is -4.14. The van der Waals surface area contributed by atoms with Gasteiger partial charge in [0, 0.05) is 39.7 Å². The van der Waals surface area contributed by atoms with Crippen LogP contribution in [0.4, 0.5) is 24.5 Å². The molecular formula is C27H25Br2F3N2O4S. The number of rotatable bonds is 4. The van der Waals surface area contributed by atoms with Crippen molar-refractivity contribution in [2.75, 3.05) is 29.6 Å². The third-order valence-corrected chi connectivity index (χ3v) is 9.00. The van der Waals surface area contributed by atoms with Gasteiger partial charge in [0.1, 0.15) is 5.75 Å². The maximum Gasteiger partial charge on any atom is 0.425 e. The fourth-order valence-corrected chi connectivity index (χ4v) is 6.08. The van der Waals surface area contributed by atoms with Crippen LogP contribution >= 0.6 is 31.9 Å². The van der Waals surface area contributed by atoms with Crippen LogP contribution < -0.4 is 15.0 Å². The summed E-state index contributed by atoms with van der Waals surface area (Å²) < 4.78 is 69.7. The first-order valence-corrected chi connectivity index (χ1v) is 15.4. The number of halogens is 5. The molecule has 2 aliphatic rings. The molecule has 0 bridgehead atoms. The smallest absolute Gasteiger partial charge is 0.425 e. The van der Waals surface area contributed by atoms with Crippen LogP contribution in [-0.2, 0) is 22.7 Å². The lowest BCUT2D eigenvalue weighted by Gasteiger charge is -2.23. The van der Waals surface area contributed by atoms with Gasteiger partial charge in [-0.2, -0.15) is 13.2 Å². The molecule has 5 rings (SSSR count). The van der Waals surface area contributed by atoms with E-state index in [9.17, 15) is 26.4 Å². The molecule has 0 aliphatic carbocycles. The maximum absolute atomic E-state index is 13.2. The van der Waals surface area contributed by atoms with Gasteiger partial charge in [-0.15, -0.1) is 0 Å². The number of anilines is 2. The second kappa shape index (κ2) is 11.5. The highest BCUT2D eigenvalue weighted by molar-refractivity contribution is 9.10. The molecule has 208 valence electrons. The molecule has 1 amide bonds. The number of hydrogen-bond donors (Lipinski definition) is 1. The van der Waals surface area contributed by atoms with Crippen molar-refractivity contribution >= 4 is 59.0 Å². The summed E-state index contributed by atoms with van der Waals surface area (Å²) in [4.78, 5) is 14.4. The molecule has 2 aliphatic heterocycles. The molecule has 1 atom stereocenters. The maximum atomic E-state index is 13.2. The zero-order valence-corrected chi connectivity index (χ0v) is 25.0. The largest absolute Gasteiger partial charge is 0.480 e. The Morgan fingerprint density at radius 1 is 1.03 bits per heavy atom. The lowest BCUT2D eigenvalue weighted by molar-refractivity contribution is -0.189. The van der Waals surface area contributed by atoms with E-state index >= 15 is 0 Å². The number of sulfone groups is 1. The number of carbonyl (C=O) groups is 1. The van der Waals surface area contributed by atoms with Crippen molar-refractivity contribution in [2.24, 2.45) is 0 Å². The van der Waals surface area contributed by atoms with E-state index in [1.807, 2.05) is 6.07 Å². The van der Waals surface area contributed by atoms with E-state index in [4.69, 9.17) is 4.74 Å². The number of alkyl halides is 3. The van der Waals surface area contributed by atoms with Gasteiger partial charge in [0.2, 0.25) is 0 Å². The minimum absolute atomic E-state index is 0.179. The first kappa shape index (κ1) is 29.4. The van der Waals surface area contributed by atoms with Gasteiger partial charge in [0.05, 0.1) is 10.5 Å². The zero-order valence-electron chi connectivity index (χ0n) is 21.0. The standard InChI is InChI=1S/C19H17BrF3NO4S.C8H8BrN/c1-11(19(21,22)23)28-17-7-6-12(29(2,26)27)10-14(17)18(25)24-9-8-13-15(20)4-3-5-16(13)24;9-7-2-1-3-8-6(7)4-5-10-8/h3-7,10-11H,8-9H2,1-2H3;1-3,10H,4-5H2/t11-;/m0./s1. The normalized spacial score (nSPS) is 15.0. The van der Waals surface area contributed by atoms with Crippen LogP contribution in [0.25, 0.3) is 0 Å². The molecule has 0 saturated carbocycles. The highest BCUT2D eigenvalue weighted by Gasteiger charge is 2.39. The fourth-order valence-electron chi connectivity index (χ4n) is 4.32. The van der Waals surface area contributed by atoms with Gasteiger partial charge >= 0.3 is 6.18 Å². The number of benzene rings is 3. The number of carbonyl (C=O) groups excluding carboxylic acids is 1. The lowest BCUT2D eigenvalue weighted by Crippen LogP contribution is -2.33. The summed E-state index contributed by atoms with van der Waals surface area (Å²) in [5.74, 6) is -0.951. The fraction of sp³-hybridized carbons (Fsp3) is 0.296. The third kappa shape index (κ3) is 6.60. The third-order valence-electron chi connectivity index (χ3n) is 6.40. The number of ether oxygens (including phenoxy) is 1. The number of nitrogens with zero attached hydrogens (tertiary/aromatic N) is 1. The van der Waals surface area contributed by atoms with E-state index < -0.39 is 28.0 Å². The quantitative estimate of drug-likeness (QED) is 0.326. The highest BCUT2D eigenvalue weighted by Crippen LogP contribution is 2.37. The van der Waals surface area contributed by atoms with Crippen LogP contribution in [0.15, 0.2) is 68.4 Å². The monoisotopic (exact) mass is 688 g/mol. The predicted octanol–water partition coefficient (Wildman–Crippen LogP) is 6.80. The first-order valence-electron chi connectivity index (χ1n) is 12.0. The molecule has 0 radical (unpaired) electrons. The summed E-state index contributed by atoms with van der Waals surface area (Å²) in [6.45, 7) is 2.22. The molecule has 1 N–H and O–H groups in total. The van der Waals surface area contributed by atoms with Gasteiger partial charge < -0.3 is 15.0 Å². The van der Waals surface area contributed by atoms with Gasteiger partial charge in [0.15, 0.2) is 15.9 Å². The molecule has 0 fully saturated rings. The second-order valence-electron chi connectivity index (χ2n) is 9.12. The van der Waals surface area contributed by atoms with Crippen LogP contribution in [0, 0.1) is 0 Å². The molecule has 0 unspecified atom stereocenters. The molecule has 12 heteroatoms. The van der Waals surface area contributed by atoms with Crippen molar-refractivity contribution in [3.8, 4) is 5.75 Å². The number of nitrogens with one attached hydrogen (secondary N) is 1. The van der Waals surface area contributed by atoms with E-state index in [1.165, 1.54) is 20.6 Å². The van der Waals surface area contributed by atoms with Crippen molar-refractivity contribution in [1.29, 1.82) is 0 Å². The van der Waals surface area contributed by atoms with Gasteiger partial charge in [-0.05, 0) is 73.4 Å². The van der Waals surface area contributed by atoms with Gasteiger partial charge in [-0.1, -0.05) is 44.0 Å². The number of amides is 1. The molecule has 39 heavy (non-hydrogen) atoms.